The molecule has 0 saturated carbocycles. The maximum Gasteiger partial charge on any atom is 0.247 e. The predicted octanol–water partition coefficient (Wildman–Crippen LogP) is 4.38. The van der Waals surface area contributed by atoms with E-state index >= 15 is 0 Å². The van der Waals surface area contributed by atoms with E-state index in [2.05, 4.69) is 29.5 Å². The summed E-state index contributed by atoms with van der Waals surface area (Å²) in [4.78, 5) is 29.5. The summed E-state index contributed by atoms with van der Waals surface area (Å²) < 4.78 is 12.6. The second-order valence-electron chi connectivity index (χ2n) is 9.73. The van der Waals surface area contributed by atoms with Crippen molar-refractivity contribution < 1.29 is 19.1 Å². The van der Waals surface area contributed by atoms with Crippen LogP contribution >= 0.6 is 0 Å². The van der Waals surface area contributed by atoms with Crippen molar-refractivity contribution in [3.63, 3.8) is 0 Å². The fourth-order valence-electron chi connectivity index (χ4n) is 4.43. The molecule has 0 aliphatic carbocycles. The van der Waals surface area contributed by atoms with E-state index in [4.69, 9.17) is 9.47 Å². The molecular weight excluding hydrogens is 494 g/mol. The molecule has 0 aliphatic rings. The van der Waals surface area contributed by atoms with E-state index in [0.29, 0.717) is 35.0 Å². The van der Waals surface area contributed by atoms with Gasteiger partial charge in [-0.3, -0.25) is 9.59 Å². The molecule has 0 aliphatic heterocycles. The number of benzene rings is 3. The normalized spacial score (nSPS) is 11.8. The lowest BCUT2D eigenvalue weighted by Crippen LogP contribution is -2.45. The molecule has 1 N–H and O–H groups in total. The third kappa shape index (κ3) is 6.73. The number of aromatic nitrogens is 3. The Hall–Kier alpha value is -4.40. The van der Waals surface area contributed by atoms with Crippen LogP contribution in [-0.2, 0) is 22.7 Å². The van der Waals surface area contributed by atoms with Crippen LogP contribution in [0.3, 0.4) is 0 Å². The first kappa shape index (κ1) is 27.6. The molecule has 0 saturated heterocycles. The predicted molar refractivity (Wildman–Crippen MR) is 149 cm³/mol. The Morgan fingerprint density at radius 1 is 0.974 bits per heavy atom. The first-order valence-electron chi connectivity index (χ1n) is 13.0. The number of para-hydroxylation sites is 1. The van der Waals surface area contributed by atoms with Crippen molar-refractivity contribution in [1.82, 2.24) is 25.2 Å². The van der Waals surface area contributed by atoms with Crippen molar-refractivity contribution in [2.45, 2.75) is 39.4 Å². The lowest BCUT2D eigenvalue weighted by Gasteiger charge is -2.32. The number of rotatable bonds is 12. The van der Waals surface area contributed by atoms with E-state index in [0.717, 1.165) is 17.5 Å². The summed E-state index contributed by atoms with van der Waals surface area (Å²) in [5.41, 5.74) is 2.89. The Kier molecular flexibility index (Phi) is 9.14. The number of carbonyl (C=O) groups is 2. The second-order valence-corrected chi connectivity index (χ2v) is 9.73. The van der Waals surface area contributed by atoms with Crippen LogP contribution in [0.25, 0.3) is 11.0 Å². The van der Waals surface area contributed by atoms with E-state index in [-0.39, 0.29) is 24.9 Å². The number of nitrogens with zero attached hydrogens (tertiary/aromatic N) is 4. The summed E-state index contributed by atoms with van der Waals surface area (Å²) in [5.74, 6) is 0.894. The molecule has 1 aromatic heterocycles. The van der Waals surface area contributed by atoms with E-state index in [1.165, 1.54) is 7.11 Å². The lowest BCUT2D eigenvalue weighted by atomic mass is 10.0. The molecule has 204 valence electrons. The number of methoxy groups -OCH3 is 2. The molecule has 0 fully saturated rings. The van der Waals surface area contributed by atoms with E-state index in [9.17, 15) is 9.59 Å². The third-order valence-corrected chi connectivity index (χ3v) is 6.54. The Morgan fingerprint density at radius 3 is 2.44 bits per heavy atom. The molecule has 1 atom stereocenters. The zero-order valence-electron chi connectivity index (χ0n) is 22.8. The minimum atomic E-state index is -0.958. The van der Waals surface area contributed by atoms with Gasteiger partial charge < -0.3 is 19.7 Å². The van der Waals surface area contributed by atoms with Crippen LogP contribution in [0.15, 0.2) is 72.8 Å². The Labute approximate surface area is 228 Å². The van der Waals surface area contributed by atoms with Crippen molar-refractivity contribution in [2.75, 3.05) is 20.8 Å². The van der Waals surface area contributed by atoms with Gasteiger partial charge in [-0.05, 0) is 42.2 Å². The van der Waals surface area contributed by atoms with Gasteiger partial charge in [-0.1, -0.05) is 61.5 Å². The molecule has 4 rings (SSSR count). The van der Waals surface area contributed by atoms with E-state index in [1.54, 1.807) is 34.9 Å². The van der Waals surface area contributed by atoms with Crippen LogP contribution in [0.5, 0.6) is 11.5 Å². The van der Waals surface area contributed by atoms with Crippen molar-refractivity contribution in [3.05, 3.63) is 83.9 Å². The number of carbonyl (C=O) groups excluding carboxylic acids is 2. The largest absolute Gasteiger partial charge is 0.497 e. The van der Waals surface area contributed by atoms with Gasteiger partial charge in [0, 0.05) is 24.7 Å². The summed E-state index contributed by atoms with van der Waals surface area (Å²) in [6.45, 7) is 4.82. The number of hydrogen-bond acceptors (Lipinski definition) is 6. The highest BCUT2D eigenvalue weighted by molar-refractivity contribution is 5.90. The van der Waals surface area contributed by atoms with Gasteiger partial charge in [0.2, 0.25) is 11.8 Å². The summed E-state index contributed by atoms with van der Waals surface area (Å²) in [7, 11) is 3.11. The standard InChI is InChI=1S/C30H35N5O4/c1-21(2)16-17-31-30(37)29(24-15-14-23(38-3)18-27(24)39-4)34(19-22-10-6-5-7-11-22)28(36)20-35-26-13-9-8-12-25(26)32-33-35/h5-15,18,21,29H,16-17,19-20H2,1-4H3,(H,31,37)/t29-/m1/s1. The topological polar surface area (TPSA) is 98.6 Å². The van der Waals surface area contributed by atoms with Crippen molar-refractivity contribution in [2.24, 2.45) is 5.92 Å². The number of ether oxygens (including phenoxy) is 2. The molecule has 4 aromatic rings. The molecule has 0 bridgehead atoms. The van der Waals surface area contributed by atoms with Gasteiger partial charge in [-0.25, -0.2) is 4.68 Å². The van der Waals surface area contributed by atoms with Crippen LogP contribution in [0.2, 0.25) is 0 Å². The fraction of sp³-hybridized carbons (Fsp3) is 0.333. The maximum atomic E-state index is 14.1. The van der Waals surface area contributed by atoms with Gasteiger partial charge in [-0.15, -0.1) is 5.10 Å². The van der Waals surface area contributed by atoms with E-state index in [1.807, 2.05) is 54.6 Å². The molecule has 3 aromatic carbocycles. The quantitative estimate of drug-likeness (QED) is 0.292. The van der Waals surface area contributed by atoms with Crippen LogP contribution in [0, 0.1) is 5.92 Å². The van der Waals surface area contributed by atoms with Crippen LogP contribution in [0.4, 0.5) is 0 Å². The molecular formula is C30H35N5O4. The minimum absolute atomic E-state index is 0.0818. The molecule has 39 heavy (non-hydrogen) atoms. The highest BCUT2D eigenvalue weighted by Gasteiger charge is 2.34. The summed E-state index contributed by atoms with van der Waals surface area (Å²) in [6, 6.07) is 21.4. The highest BCUT2D eigenvalue weighted by atomic mass is 16.5. The number of fused-ring (bicyclic) bond motifs is 1. The van der Waals surface area contributed by atoms with Gasteiger partial charge in [0.25, 0.3) is 0 Å². The zero-order chi connectivity index (χ0) is 27.8. The summed E-state index contributed by atoms with van der Waals surface area (Å²) in [6.07, 6.45) is 0.815. The van der Waals surface area contributed by atoms with Gasteiger partial charge in [-0.2, -0.15) is 0 Å². The molecule has 0 radical (unpaired) electrons. The number of amides is 2. The summed E-state index contributed by atoms with van der Waals surface area (Å²) >= 11 is 0. The Morgan fingerprint density at radius 2 is 1.72 bits per heavy atom. The first-order valence-corrected chi connectivity index (χ1v) is 13.0. The van der Waals surface area contributed by atoms with Crippen LogP contribution < -0.4 is 14.8 Å². The molecule has 1 heterocycles. The molecule has 9 heteroatoms. The Bertz CT molecular complexity index is 1400. The fourth-order valence-corrected chi connectivity index (χ4v) is 4.43. The SMILES string of the molecule is COc1ccc([C@H](C(=O)NCCC(C)C)N(Cc2ccccc2)C(=O)Cn2nnc3ccccc32)c(OC)c1. The number of nitrogens with one attached hydrogen (secondary N) is 1. The van der Waals surface area contributed by atoms with Crippen molar-refractivity contribution in [1.29, 1.82) is 0 Å². The van der Waals surface area contributed by atoms with Crippen LogP contribution in [0.1, 0.15) is 37.4 Å². The highest BCUT2D eigenvalue weighted by Crippen LogP contribution is 2.34. The smallest absolute Gasteiger partial charge is 0.247 e. The second kappa shape index (κ2) is 12.9. The lowest BCUT2D eigenvalue weighted by molar-refractivity contribution is -0.142. The summed E-state index contributed by atoms with van der Waals surface area (Å²) in [5, 5.41) is 11.4. The third-order valence-electron chi connectivity index (χ3n) is 6.54. The van der Waals surface area contributed by atoms with Gasteiger partial charge >= 0.3 is 0 Å². The molecule has 2 amide bonds. The number of hydrogen-bond donors (Lipinski definition) is 1. The van der Waals surface area contributed by atoms with Gasteiger partial charge in [0.15, 0.2) is 0 Å². The zero-order valence-corrected chi connectivity index (χ0v) is 22.8. The molecule has 9 nitrogen and oxygen atoms in total. The van der Waals surface area contributed by atoms with Crippen molar-refractivity contribution in [3.8, 4) is 11.5 Å². The van der Waals surface area contributed by atoms with Crippen molar-refractivity contribution >= 4 is 22.8 Å². The minimum Gasteiger partial charge on any atom is -0.497 e. The average molecular weight is 530 g/mol. The Balaban J connectivity index is 1.77. The monoisotopic (exact) mass is 529 g/mol. The first-order chi connectivity index (χ1) is 18.9. The maximum absolute atomic E-state index is 14.1. The average Bonchev–Trinajstić information content (AvgIpc) is 3.35. The van der Waals surface area contributed by atoms with Gasteiger partial charge in [0.1, 0.15) is 29.6 Å². The van der Waals surface area contributed by atoms with E-state index < -0.39 is 6.04 Å². The molecule has 0 spiro atoms. The van der Waals surface area contributed by atoms with Crippen LogP contribution in [-0.4, -0.2) is 52.5 Å². The van der Waals surface area contributed by atoms with Gasteiger partial charge in [0.05, 0.1) is 19.7 Å². The molecule has 0 unspecified atom stereocenters.